The number of likely N-dealkylation sites (N-methyl/N-ethyl adjacent to an activating group) is 1. The zero-order chi connectivity index (χ0) is 13.7. The summed E-state index contributed by atoms with van der Waals surface area (Å²) in [5.41, 5.74) is 6.47. The molecule has 2 saturated carbocycles. The van der Waals surface area contributed by atoms with E-state index in [4.69, 9.17) is 5.73 Å². The van der Waals surface area contributed by atoms with Crippen LogP contribution in [0.1, 0.15) is 71.1 Å². The number of nitrogens with two attached hydrogens (primary N) is 1. The van der Waals surface area contributed by atoms with Crippen molar-refractivity contribution < 1.29 is 0 Å². The number of hydrogen-bond donors (Lipinski definition) is 1. The van der Waals surface area contributed by atoms with E-state index in [0.717, 1.165) is 24.4 Å². The van der Waals surface area contributed by atoms with Crippen molar-refractivity contribution in [2.75, 3.05) is 13.6 Å². The van der Waals surface area contributed by atoms with Gasteiger partial charge in [0.15, 0.2) is 0 Å². The summed E-state index contributed by atoms with van der Waals surface area (Å²) in [4.78, 5) is 2.57. The lowest BCUT2D eigenvalue weighted by Gasteiger charge is -2.37. The fourth-order valence-corrected chi connectivity index (χ4v) is 4.19. The summed E-state index contributed by atoms with van der Waals surface area (Å²) < 4.78 is 0. The molecule has 1 unspecified atom stereocenters. The normalized spacial score (nSPS) is 31.6. The van der Waals surface area contributed by atoms with Crippen LogP contribution in [0, 0.1) is 11.8 Å². The highest BCUT2D eigenvalue weighted by molar-refractivity contribution is 4.83. The molecule has 0 amide bonds. The molecule has 0 aromatic carbocycles. The van der Waals surface area contributed by atoms with Gasteiger partial charge in [0.05, 0.1) is 0 Å². The smallest absolute Gasteiger partial charge is 0.0196 e. The Labute approximate surface area is 120 Å². The van der Waals surface area contributed by atoms with Gasteiger partial charge in [0.2, 0.25) is 0 Å². The standard InChI is InChI=1S/C17H34N2/c1-3-14-9-11-16(12-10-14)19(2)13-17(18)15-7-5-4-6-8-15/h14-17H,3-13,18H2,1-2H3. The third-order valence-electron chi connectivity index (χ3n) is 5.77. The van der Waals surface area contributed by atoms with Crippen molar-refractivity contribution in [1.82, 2.24) is 4.90 Å². The van der Waals surface area contributed by atoms with Gasteiger partial charge in [-0.25, -0.2) is 0 Å². The topological polar surface area (TPSA) is 29.3 Å². The lowest BCUT2D eigenvalue weighted by atomic mass is 9.82. The van der Waals surface area contributed by atoms with Crippen LogP contribution in [0.2, 0.25) is 0 Å². The number of rotatable bonds is 5. The Morgan fingerprint density at radius 2 is 1.63 bits per heavy atom. The molecular formula is C17H34N2. The highest BCUT2D eigenvalue weighted by Gasteiger charge is 2.26. The predicted molar refractivity (Wildman–Crippen MR) is 83.2 cm³/mol. The molecule has 2 aliphatic rings. The fraction of sp³-hybridized carbons (Fsp3) is 1.00. The van der Waals surface area contributed by atoms with E-state index in [1.165, 1.54) is 64.2 Å². The van der Waals surface area contributed by atoms with E-state index in [1.54, 1.807) is 0 Å². The molecular weight excluding hydrogens is 232 g/mol. The second-order valence-corrected chi connectivity index (χ2v) is 7.08. The van der Waals surface area contributed by atoms with Crippen LogP contribution in [0.3, 0.4) is 0 Å². The molecule has 0 spiro atoms. The molecule has 2 nitrogen and oxygen atoms in total. The van der Waals surface area contributed by atoms with Crippen molar-refractivity contribution in [2.24, 2.45) is 17.6 Å². The van der Waals surface area contributed by atoms with Gasteiger partial charge in [-0.15, -0.1) is 0 Å². The highest BCUT2D eigenvalue weighted by Crippen LogP contribution is 2.30. The van der Waals surface area contributed by atoms with Crippen molar-refractivity contribution in [3.63, 3.8) is 0 Å². The Kier molecular flexibility index (Phi) is 6.15. The zero-order valence-electron chi connectivity index (χ0n) is 13.1. The first-order chi connectivity index (χ1) is 9.20. The molecule has 2 aliphatic carbocycles. The molecule has 0 bridgehead atoms. The molecule has 0 heterocycles. The summed E-state index contributed by atoms with van der Waals surface area (Å²) in [7, 11) is 2.31. The Balaban J connectivity index is 1.72. The molecule has 19 heavy (non-hydrogen) atoms. The predicted octanol–water partition coefficient (Wildman–Crippen LogP) is 3.79. The average Bonchev–Trinajstić information content (AvgIpc) is 2.48. The maximum Gasteiger partial charge on any atom is 0.0196 e. The summed E-state index contributed by atoms with van der Waals surface area (Å²) in [5, 5.41) is 0. The van der Waals surface area contributed by atoms with Crippen LogP contribution in [-0.4, -0.2) is 30.6 Å². The van der Waals surface area contributed by atoms with Crippen molar-refractivity contribution in [2.45, 2.75) is 83.2 Å². The van der Waals surface area contributed by atoms with E-state index in [2.05, 4.69) is 18.9 Å². The van der Waals surface area contributed by atoms with E-state index in [0.29, 0.717) is 6.04 Å². The third kappa shape index (κ3) is 4.46. The van der Waals surface area contributed by atoms with Gasteiger partial charge in [-0.05, 0) is 57.4 Å². The van der Waals surface area contributed by atoms with Crippen LogP contribution >= 0.6 is 0 Å². The maximum atomic E-state index is 6.47. The van der Waals surface area contributed by atoms with Crippen LogP contribution in [-0.2, 0) is 0 Å². The molecule has 2 heteroatoms. The lowest BCUT2D eigenvalue weighted by molar-refractivity contribution is 0.140. The average molecular weight is 266 g/mol. The van der Waals surface area contributed by atoms with E-state index in [1.807, 2.05) is 0 Å². The van der Waals surface area contributed by atoms with Crippen LogP contribution in [0.4, 0.5) is 0 Å². The van der Waals surface area contributed by atoms with Crippen LogP contribution in [0.15, 0.2) is 0 Å². The van der Waals surface area contributed by atoms with Gasteiger partial charge >= 0.3 is 0 Å². The van der Waals surface area contributed by atoms with E-state index >= 15 is 0 Å². The first-order valence-corrected chi connectivity index (χ1v) is 8.66. The minimum Gasteiger partial charge on any atom is -0.326 e. The van der Waals surface area contributed by atoms with Crippen molar-refractivity contribution in [3.8, 4) is 0 Å². The largest absolute Gasteiger partial charge is 0.326 e. The number of hydrogen-bond acceptors (Lipinski definition) is 2. The minimum absolute atomic E-state index is 0.411. The summed E-state index contributed by atoms with van der Waals surface area (Å²) in [6.07, 6.45) is 14.0. The Morgan fingerprint density at radius 1 is 1.00 bits per heavy atom. The molecule has 1 atom stereocenters. The first-order valence-electron chi connectivity index (χ1n) is 8.66. The summed E-state index contributed by atoms with van der Waals surface area (Å²) in [5.74, 6) is 1.79. The maximum absolute atomic E-state index is 6.47. The first kappa shape index (κ1) is 15.3. The molecule has 2 rings (SSSR count). The fourth-order valence-electron chi connectivity index (χ4n) is 4.19. The Hall–Kier alpha value is -0.0800. The van der Waals surface area contributed by atoms with Gasteiger partial charge < -0.3 is 10.6 Å². The molecule has 0 radical (unpaired) electrons. The summed E-state index contributed by atoms with van der Waals surface area (Å²) in [6, 6.07) is 1.21. The van der Waals surface area contributed by atoms with Gasteiger partial charge in [0, 0.05) is 18.6 Å². The van der Waals surface area contributed by atoms with Crippen LogP contribution < -0.4 is 5.73 Å². The Morgan fingerprint density at radius 3 is 2.21 bits per heavy atom. The number of nitrogens with zero attached hydrogens (tertiary/aromatic N) is 1. The van der Waals surface area contributed by atoms with E-state index in [-0.39, 0.29) is 0 Å². The van der Waals surface area contributed by atoms with E-state index in [9.17, 15) is 0 Å². The van der Waals surface area contributed by atoms with Crippen LogP contribution in [0.5, 0.6) is 0 Å². The highest BCUT2D eigenvalue weighted by atomic mass is 15.1. The summed E-state index contributed by atoms with van der Waals surface area (Å²) >= 11 is 0. The zero-order valence-corrected chi connectivity index (χ0v) is 13.1. The lowest BCUT2D eigenvalue weighted by Crippen LogP contribution is -2.46. The third-order valence-corrected chi connectivity index (χ3v) is 5.77. The van der Waals surface area contributed by atoms with E-state index < -0.39 is 0 Å². The SMILES string of the molecule is CCC1CCC(N(C)CC(N)C2CCCCC2)CC1. The molecule has 0 aromatic rings. The van der Waals surface area contributed by atoms with Crippen molar-refractivity contribution >= 4 is 0 Å². The Bertz CT molecular complexity index is 240. The van der Waals surface area contributed by atoms with Gasteiger partial charge in [0.1, 0.15) is 0 Å². The van der Waals surface area contributed by atoms with Gasteiger partial charge in [-0.1, -0.05) is 32.6 Å². The quantitative estimate of drug-likeness (QED) is 0.820. The molecule has 0 aliphatic heterocycles. The van der Waals surface area contributed by atoms with Crippen LogP contribution in [0.25, 0.3) is 0 Å². The van der Waals surface area contributed by atoms with Crippen molar-refractivity contribution in [1.29, 1.82) is 0 Å². The van der Waals surface area contributed by atoms with Gasteiger partial charge in [0.25, 0.3) is 0 Å². The van der Waals surface area contributed by atoms with Gasteiger partial charge in [-0.3, -0.25) is 0 Å². The molecule has 2 fully saturated rings. The monoisotopic (exact) mass is 266 g/mol. The minimum atomic E-state index is 0.411. The van der Waals surface area contributed by atoms with Crippen molar-refractivity contribution in [3.05, 3.63) is 0 Å². The second-order valence-electron chi connectivity index (χ2n) is 7.08. The van der Waals surface area contributed by atoms with Gasteiger partial charge in [-0.2, -0.15) is 0 Å². The molecule has 112 valence electrons. The molecule has 0 aromatic heterocycles. The molecule has 2 N–H and O–H groups in total. The summed E-state index contributed by atoms with van der Waals surface area (Å²) in [6.45, 7) is 3.46. The molecule has 0 saturated heterocycles. The second kappa shape index (κ2) is 7.64.